The van der Waals surface area contributed by atoms with Gasteiger partial charge in [-0.1, -0.05) is 12.1 Å². The summed E-state index contributed by atoms with van der Waals surface area (Å²) in [5.41, 5.74) is 1.37. The van der Waals surface area contributed by atoms with Crippen molar-refractivity contribution in [3.05, 3.63) is 70.1 Å². The number of furan rings is 1. The predicted octanol–water partition coefficient (Wildman–Crippen LogP) is 3.67. The smallest absolute Gasteiger partial charge is 0.258 e. The Labute approximate surface area is 182 Å². The van der Waals surface area contributed by atoms with Crippen molar-refractivity contribution in [2.24, 2.45) is 0 Å². The number of rotatable bonds is 6. The number of hydrogen-bond donors (Lipinski definition) is 1. The zero-order chi connectivity index (χ0) is 22.0. The Hall–Kier alpha value is -3.46. The number of hydrogen-bond acceptors (Lipinski definition) is 7. The molecule has 0 unspecified atom stereocenters. The van der Waals surface area contributed by atoms with Crippen LogP contribution in [0, 0.1) is 6.92 Å². The number of amides is 1. The minimum atomic E-state index is -0.226. The van der Waals surface area contributed by atoms with Crippen molar-refractivity contribution in [3.8, 4) is 11.6 Å². The first-order valence-corrected chi connectivity index (χ1v) is 11.0. The number of benzene rings is 1. The molecule has 0 aliphatic carbocycles. The van der Waals surface area contributed by atoms with Gasteiger partial charge in [-0.05, 0) is 44.4 Å². The maximum Gasteiger partial charge on any atom is 0.258 e. The number of nitrogens with one attached hydrogen (secondary N) is 1. The standard InChI is InChI=1S/C22H21N5O3S/c1-4-27(12-17-24-15-9-6-5-8-14(15)20(28)25-17)22(29)18-13(2)23-19(26-21(18)31-3)16-10-7-11-30-16/h5-11H,4,12H2,1-3H3,(H,24,25,28). The van der Waals surface area contributed by atoms with Crippen LogP contribution < -0.4 is 5.56 Å². The van der Waals surface area contributed by atoms with Crippen LogP contribution in [-0.2, 0) is 6.54 Å². The largest absolute Gasteiger partial charge is 0.461 e. The summed E-state index contributed by atoms with van der Waals surface area (Å²) < 4.78 is 5.40. The summed E-state index contributed by atoms with van der Waals surface area (Å²) in [7, 11) is 0. The molecule has 4 rings (SSSR count). The Morgan fingerprint density at radius 1 is 1.16 bits per heavy atom. The Balaban J connectivity index is 1.68. The van der Waals surface area contributed by atoms with Gasteiger partial charge in [0.2, 0.25) is 0 Å². The Bertz CT molecular complexity index is 1300. The molecular formula is C22H21N5O3S. The molecule has 0 bridgehead atoms. The van der Waals surface area contributed by atoms with Gasteiger partial charge in [0.25, 0.3) is 11.5 Å². The third-order valence-corrected chi connectivity index (χ3v) is 5.56. The van der Waals surface area contributed by atoms with Crippen LogP contribution >= 0.6 is 11.8 Å². The van der Waals surface area contributed by atoms with E-state index in [1.54, 1.807) is 48.4 Å². The molecule has 0 aliphatic heterocycles. The van der Waals surface area contributed by atoms with E-state index in [4.69, 9.17) is 4.42 Å². The van der Waals surface area contributed by atoms with Gasteiger partial charge in [-0.2, -0.15) is 0 Å². The number of para-hydroxylation sites is 1. The average Bonchev–Trinajstić information content (AvgIpc) is 3.31. The summed E-state index contributed by atoms with van der Waals surface area (Å²) in [4.78, 5) is 43.7. The van der Waals surface area contributed by atoms with Gasteiger partial charge >= 0.3 is 0 Å². The van der Waals surface area contributed by atoms with Crippen LogP contribution in [0.25, 0.3) is 22.5 Å². The SMILES string of the molecule is CCN(Cc1nc2ccccc2c(=O)[nH]1)C(=O)c1c(C)nc(-c2ccco2)nc1SC. The van der Waals surface area contributed by atoms with E-state index in [1.165, 1.54) is 11.8 Å². The number of H-pyrrole nitrogens is 1. The number of aromatic amines is 1. The van der Waals surface area contributed by atoms with Crippen LogP contribution in [0.1, 0.15) is 28.8 Å². The van der Waals surface area contributed by atoms with Crippen molar-refractivity contribution in [2.75, 3.05) is 12.8 Å². The Morgan fingerprint density at radius 2 is 1.97 bits per heavy atom. The summed E-state index contributed by atoms with van der Waals surface area (Å²) in [5.74, 6) is 1.19. The highest BCUT2D eigenvalue weighted by molar-refractivity contribution is 7.98. The molecule has 1 aromatic carbocycles. The molecule has 4 aromatic rings. The van der Waals surface area contributed by atoms with E-state index < -0.39 is 0 Å². The number of carbonyl (C=O) groups excluding carboxylic acids is 1. The lowest BCUT2D eigenvalue weighted by Crippen LogP contribution is -2.33. The molecule has 0 saturated carbocycles. The summed E-state index contributed by atoms with van der Waals surface area (Å²) in [6.07, 6.45) is 3.42. The highest BCUT2D eigenvalue weighted by atomic mass is 32.2. The van der Waals surface area contributed by atoms with E-state index in [0.29, 0.717) is 51.1 Å². The molecule has 9 heteroatoms. The summed E-state index contributed by atoms with van der Waals surface area (Å²) in [6, 6.07) is 10.7. The Morgan fingerprint density at radius 3 is 2.68 bits per heavy atom. The molecule has 0 atom stereocenters. The van der Waals surface area contributed by atoms with E-state index in [2.05, 4.69) is 19.9 Å². The third kappa shape index (κ3) is 4.09. The number of nitrogens with zero attached hydrogens (tertiary/aromatic N) is 4. The van der Waals surface area contributed by atoms with Crippen molar-refractivity contribution in [2.45, 2.75) is 25.4 Å². The third-order valence-electron chi connectivity index (χ3n) is 4.88. The van der Waals surface area contributed by atoms with E-state index in [9.17, 15) is 9.59 Å². The highest BCUT2D eigenvalue weighted by Crippen LogP contribution is 2.26. The maximum atomic E-state index is 13.4. The average molecular weight is 436 g/mol. The molecule has 0 spiro atoms. The fraction of sp³-hybridized carbons (Fsp3) is 0.227. The van der Waals surface area contributed by atoms with Gasteiger partial charge in [-0.3, -0.25) is 9.59 Å². The number of fused-ring (bicyclic) bond motifs is 1. The first-order chi connectivity index (χ1) is 15.0. The van der Waals surface area contributed by atoms with Crippen molar-refractivity contribution < 1.29 is 9.21 Å². The first kappa shape index (κ1) is 20.8. The molecule has 31 heavy (non-hydrogen) atoms. The van der Waals surface area contributed by atoms with Gasteiger partial charge < -0.3 is 14.3 Å². The van der Waals surface area contributed by atoms with Gasteiger partial charge in [0, 0.05) is 6.54 Å². The van der Waals surface area contributed by atoms with Crippen LogP contribution in [-0.4, -0.2) is 43.5 Å². The number of aromatic nitrogens is 4. The molecule has 158 valence electrons. The summed E-state index contributed by atoms with van der Waals surface area (Å²) in [5, 5.41) is 1.09. The molecule has 1 amide bonds. The lowest BCUT2D eigenvalue weighted by atomic mass is 10.2. The summed E-state index contributed by atoms with van der Waals surface area (Å²) in [6.45, 7) is 4.26. The molecule has 0 saturated heterocycles. The van der Waals surface area contributed by atoms with Crippen LogP contribution in [0.3, 0.4) is 0 Å². The first-order valence-electron chi connectivity index (χ1n) is 9.75. The van der Waals surface area contributed by atoms with Gasteiger partial charge in [-0.15, -0.1) is 11.8 Å². The van der Waals surface area contributed by atoms with Gasteiger partial charge in [0.1, 0.15) is 10.9 Å². The minimum absolute atomic E-state index is 0.169. The zero-order valence-corrected chi connectivity index (χ0v) is 18.2. The van der Waals surface area contributed by atoms with Crippen LogP contribution in [0.2, 0.25) is 0 Å². The van der Waals surface area contributed by atoms with E-state index in [0.717, 1.165) is 0 Å². The lowest BCUT2D eigenvalue weighted by molar-refractivity contribution is 0.0742. The monoisotopic (exact) mass is 435 g/mol. The van der Waals surface area contributed by atoms with Crippen molar-refractivity contribution in [1.29, 1.82) is 0 Å². The summed E-state index contributed by atoms with van der Waals surface area (Å²) >= 11 is 1.37. The second-order valence-electron chi connectivity index (χ2n) is 6.84. The van der Waals surface area contributed by atoms with Crippen molar-refractivity contribution in [1.82, 2.24) is 24.8 Å². The molecule has 8 nitrogen and oxygen atoms in total. The van der Waals surface area contributed by atoms with E-state index >= 15 is 0 Å². The molecule has 0 fully saturated rings. The minimum Gasteiger partial charge on any atom is -0.461 e. The number of thioether (sulfide) groups is 1. The van der Waals surface area contributed by atoms with Gasteiger partial charge in [0.15, 0.2) is 11.6 Å². The maximum absolute atomic E-state index is 13.4. The molecule has 1 N–H and O–H groups in total. The second-order valence-corrected chi connectivity index (χ2v) is 7.64. The molecule has 0 aliphatic rings. The number of aryl methyl sites for hydroxylation is 1. The predicted molar refractivity (Wildman–Crippen MR) is 119 cm³/mol. The molecule has 0 radical (unpaired) electrons. The molecule has 3 heterocycles. The van der Waals surface area contributed by atoms with Crippen LogP contribution in [0.4, 0.5) is 0 Å². The van der Waals surface area contributed by atoms with Crippen molar-refractivity contribution in [3.63, 3.8) is 0 Å². The topological polar surface area (TPSA) is 105 Å². The van der Waals surface area contributed by atoms with Gasteiger partial charge in [0.05, 0.1) is 35.0 Å². The Kier molecular flexibility index (Phi) is 5.85. The molecule has 3 aromatic heterocycles. The highest BCUT2D eigenvalue weighted by Gasteiger charge is 2.24. The second kappa shape index (κ2) is 8.73. The fourth-order valence-corrected chi connectivity index (χ4v) is 3.95. The van der Waals surface area contributed by atoms with E-state index in [1.807, 2.05) is 19.2 Å². The van der Waals surface area contributed by atoms with Crippen LogP contribution in [0.15, 0.2) is 56.9 Å². The zero-order valence-electron chi connectivity index (χ0n) is 17.4. The van der Waals surface area contributed by atoms with Crippen molar-refractivity contribution >= 4 is 28.6 Å². The van der Waals surface area contributed by atoms with Crippen LogP contribution in [0.5, 0.6) is 0 Å². The lowest BCUT2D eigenvalue weighted by Gasteiger charge is -2.22. The fourth-order valence-electron chi connectivity index (χ4n) is 3.33. The molecular weight excluding hydrogens is 414 g/mol. The van der Waals surface area contributed by atoms with Gasteiger partial charge in [-0.25, -0.2) is 15.0 Å². The normalized spacial score (nSPS) is 11.1. The van der Waals surface area contributed by atoms with E-state index in [-0.39, 0.29) is 18.0 Å². The quantitative estimate of drug-likeness (QED) is 0.364. The number of carbonyl (C=O) groups is 1.